The summed E-state index contributed by atoms with van der Waals surface area (Å²) in [6.07, 6.45) is 1.29. The first kappa shape index (κ1) is 14.1. The van der Waals surface area contributed by atoms with Crippen molar-refractivity contribution in [2.75, 3.05) is 0 Å². The summed E-state index contributed by atoms with van der Waals surface area (Å²) in [5.74, 6) is 0. The molecule has 0 bridgehead atoms. The molecule has 6 heteroatoms. The number of rotatable bonds is 2. The van der Waals surface area contributed by atoms with Crippen molar-refractivity contribution in [1.29, 1.82) is 0 Å². The first-order chi connectivity index (χ1) is 8.85. The van der Waals surface area contributed by atoms with Gasteiger partial charge in [0, 0.05) is 23.5 Å². The van der Waals surface area contributed by atoms with Crippen molar-refractivity contribution < 1.29 is 9.53 Å². The molecular formula is C13H15ClN2O2S. The fourth-order valence-corrected chi connectivity index (χ4v) is 2.60. The number of alkyl carbamates (subject to hydrolysis) is 1. The number of carbonyl (C=O) groups excluding carboxylic acids is 1. The summed E-state index contributed by atoms with van der Waals surface area (Å²) in [6, 6.07) is 1.93. The zero-order valence-corrected chi connectivity index (χ0v) is 12.6. The van der Waals surface area contributed by atoms with E-state index in [0.717, 1.165) is 15.8 Å². The standard InChI is InChI=1S/C13H15ClN2O2S/c1-13(2,3)18-12(17)16-6-8-4-9-10(14)7-19-11(9)15-5-8/h4-5,7H,6H2,1-3H3,(H,16,17). The number of fused-ring (bicyclic) bond motifs is 1. The van der Waals surface area contributed by atoms with Crippen molar-refractivity contribution in [2.24, 2.45) is 0 Å². The van der Waals surface area contributed by atoms with E-state index in [4.69, 9.17) is 16.3 Å². The molecular weight excluding hydrogens is 284 g/mol. The molecule has 2 aromatic heterocycles. The van der Waals surface area contributed by atoms with Gasteiger partial charge in [-0.2, -0.15) is 0 Å². The molecule has 1 N–H and O–H groups in total. The summed E-state index contributed by atoms with van der Waals surface area (Å²) in [4.78, 5) is 16.7. The number of amides is 1. The van der Waals surface area contributed by atoms with Crippen LogP contribution in [0.5, 0.6) is 0 Å². The lowest BCUT2D eigenvalue weighted by molar-refractivity contribution is 0.0523. The van der Waals surface area contributed by atoms with Gasteiger partial charge in [-0.1, -0.05) is 11.6 Å². The third-order valence-electron chi connectivity index (χ3n) is 2.27. The maximum Gasteiger partial charge on any atom is 0.407 e. The van der Waals surface area contributed by atoms with Crippen LogP contribution >= 0.6 is 22.9 Å². The number of thiophene rings is 1. The topological polar surface area (TPSA) is 51.2 Å². The number of nitrogens with one attached hydrogen (secondary N) is 1. The Hall–Kier alpha value is -1.33. The normalized spacial score (nSPS) is 11.6. The molecule has 2 rings (SSSR count). The van der Waals surface area contributed by atoms with Gasteiger partial charge in [-0.3, -0.25) is 0 Å². The van der Waals surface area contributed by atoms with Gasteiger partial charge in [-0.05, 0) is 32.4 Å². The third-order valence-corrected chi connectivity index (χ3v) is 3.62. The van der Waals surface area contributed by atoms with Gasteiger partial charge in [0.1, 0.15) is 10.4 Å². The van der Waals surface area contributed by atoms with E-state index in [1.807, 2.05) is 32.2 Å². The molecule has 0 radical (unpaired) electrons. The van der Waals surface area contributed by atoms with Crippen molar-refractivity contribution in [2.45, 2.75) is 32.9 Å². The quantitative estimate of drug-likeness (QED) is 0.912. The lowest BCUT2D eigenvalue weighted by Gasteiger charge is -2.19. The second kappa shape index (κ2) is 5.35. The number of pyridine rings is 1. The van der Waals surface area contributed by atoms with Crippen molar-refractivity contribution >= 4 is 39.2 Å². The van der Waals surface area contributed by atoms with Crippen LogP contribution in [0.3, 0.4) is 0 Å². The number of nitrogens with zero attached hydrogens (tertiary/aromatic N) is 1. The maximum atomic E-state index is 11.5. The molecule has 0 unspecified atom stereocenters. The molecule has 0 aliphatic heterocycles. The van der Waals surface area contributed by atoms with Gasteiger partial charge >= 0.3 is 6.09 Å². The molecule has 2 aromatic rings. The zero-order chi connectivity index (χ0) is 14.0. The highest BCUT2D eigenvalue weighted by atomic mass is 35.5. The Kier molecular flexibility index (Phi) is 3.96. The van der Waals surface area contributed by atoms with Crippen LogP contribution in [0, 0.1) is 0 Å². The van der Waals surface area contributed by atoms with Crippen molar-refractivity contribution in [1.82, 2.24) is 10.3 Å². The van der Waals surface area contributed by atoms with E-state index in [0.29, 0.717) is 11.6 Å². The molecule has 1 amide bonds. The average molecular weight is 299 g/mol. The van der Waals surface area contributed by atoms with Gasteiger partial charge in [0.15, 0.2) is 0 Å². The molecule has 0 spiro atoms. The average Bonchev–Trinajstić information content (AvgIpc) is 2.66. The Balaban J connectivity index is 2.02. The molecule has 0 aromatic carbocycles. The second-order valence-electron chi connectivity index (χ2n) is 5.14. The zero-order valence-electron chi connectivity index (χ0n) is 11.0. The minimum absolute atomic E-state index is 0.365. The fraction of sp³-hybridized carbons (Fsp3) is 0.385. The Labute approximate surface area is 120 Å². The van der Waals surface area contributed by atoms with Crippen LogP contribution in [0.4, 0.5) is 4.79 Å². The predicted molar refractivity (Wildman–Crippen MR) is 77.7 cm³/mol. The highest BCUT2D eigenvalue weighted by molar-refractivity contribution is 7.17. The van der Waals surface area contributed by atoms with Crippen LogP contribution in [0.2, 0.25) is 5.02 Å². The summed E-state index contributed by atoms with van der Waals surface area (Å²) in [5, 5.41) is 6.14. The van der Waals surface area contributed by atoms with Crippen LogP contribution in [0.15, 0.2) is 17.6 Å². The molecule has 0 atom stereocenters. The first-order valence-corrected chi connectivity index (χ1v) is 7.09. The monoisotopic (exact) mass is 298 g/mol. The minimum Gasteiger partial charge on any atom is -0.444 e. The molecule has 0 aliphatic carbocycles. The number of ether oxygens (including phenoxy) is 1. The van der Waals surface area contributed by atoms with Gasteiger partial charge in [0.2, 0.25) is 0 Å². The van der Waals surface area contributed by atoms with Crippen LogP contribution in [0.1, 0.15) is 26.3 Å². The molecule has 4 nitrogen and oxygen atoms in total. The molecule has 0 fully saturated rings. The number of aromatic nitrogens is 1. The van der Waals surface area contributed by atoms with E-state index < -0.39 is 11.7 Å². The van der Waals surface area contributed by atoms with Crippen molar-refractivity contribution in [3.8, 4) is 0 Å². The van der Waals surface area contributed by atoms with Crippen molar-refractivity contribution in [3.05, 3.63) is 28.2 Å². The number of halogens is 1. The summed E-state index contributed by atoms with van der Waals surface area (Å²) >= 11 is 7.55. The van der Waals surface area contributed by atoms with E-state index >= 15 is 0 Å². The number of hydrogen-bond donors (Lipinski definition) is 1. The van der Waals surface area contributed by atoms with Crippen LogP contribution in [0.25, 0.3) is 10.2 Å². The molecule has 0 aliphatic rings. The summed E-state index contributed by atoms with van der Waals surface area (Å²) in [5.41, 5.74) is 0.391. The second-order valence-corrected chi connectivity index (χ2v) is 6.40. The summed E-state index contributed by atoms with van der Waals surface area (Å²) in [6.45, 7) is 5.84. The summed E-state index contributed by atoms with van der Waals surface area (Å²) < 4.78 is 5.16. The minimum atomic E-state index is -0.497. The van der Waals surface area contributed by atoms with Crippen molar-refractivity contribution in [3.63, 3.8) is 0 Å². The fourth-order valence-electron chi connectivity index (χ4n) is 1.52. The van der Waals surface area contributed by atoms with E-state index in [1.54, 1.807) is 6.20 Å². The molecule has 2 heterocycles. The van der Waals surface area contributed by atoms with E-state index in [1.165, 1.54) is 11.3 Å². The Morgan fingerprint density at radius 1 is 1.53 bits per heavy atom. The molecule has 102 valence electrons. The lowest BCUT2D eigenvalue weighted by Crippen LogP contribution is -2.32. The molecule has 19 heavy (non-hydrogen) atoms. The van der Waals surface area contributed by atoms with Gasteiger partial charge in [-0.15, -0.1) is 11.3 Å². The van der Waals surface area contributed by atoms with Gasteiger partial charge in [-0.25, -0.2) is 9.78 Å². The Morgan fingerprint density at radius 3 is 2.95 bits per heavy atom. The van der Waals surface area contributed by atoms with Gasteiger partial charge < -0.3 is 10.1 Å². The molecule has 0 saturated heterocycles. The van der Waals surface area contributed by atoms with Gasteiger partial charge in [0.25, 0.3) is 0 Å². The van der Waals surface area contributed by atoms with Crippen LogP contribution in [-0.2, 0) is 11.3 Å². The lowest BCUT2D eigenvalue weighted by atomic mass is 10.2. The number of carbonyl (C=O) groups is 1. The van der Waals surface area contributed by atoms with E-state index in [9.17, 15) is 4.79 Å². The van der Waals surface area contributed by atoms with Crippen LogP contribution in [-0.4, -0.2) is 16.7 Å². The Morgan fingerprint density at radius 2 is 2.26 bits per heavy atom. The smallest absolute Gasteiger partial charge is 0.407 e. The predicted octanol–water partition coefficient (Wildman–Crippen LogP) is 3.97. The summed E-state index contributed by atoms with van der Waals surface area (Å²) in [7, 11) is 0. The molecule has 0 saturated carbocycles. The van der Waals surface area contributed by atoms with Gasteiger partial charge in [0.05, 0.1) is 5.02 Å². The largest absolute Gasteiger partial charge is 0.444 e. The highest BCUT2D eigenvalue weighted by Crippen LogP contribution is 2.28. The number of hydrogen-bond acceptors (Lipinski definition) is 4. The maximum absolute atomic E-state index is 11.5. The SMILES string of the molecule is CC(C)(C)OC(=O)NCc1cnc2scc(Cl)c2c1. The third kappa shape index (κ3) is 3.81. The Bertz CT molecular complexity index is 604. The first-order valence-electron chi connectivity index (χ1n) is 5.83. The highest BCUT2D eigenvalue weighted by Gasteiger charge is 2.15. The van der Waals surface area contributed by atoms with E-state index in [2.05, 4.69) is 10.3 Å². The van der Waals surface area contributed by atoms with Crippen LogP contribution < -0.4 is 5.32 Å². The van der Waals surface area contributed by atoms with E-state index in [-0.39, 0.29) is 0 Å².